The van der Waals surface area contributed by atoms with Crippen molar-refractivity contribution in [2.24, 2.45) is 5.92 Å². The molecule has 1 heterocycles. The number of likely N-dealkylation sites (N-methyl/N-ethyl adjacent to an activating group) is 1. The molecule has 3 unspecified atom stereocenters. The highest BCUT2D eigenvalue weighted by atomic mass is 15.2. The van der Waals surface area contributed by atoms with Gasteiger partial charge < -0.3 is 5.32 Å². The summed E-state index contributed by atoms with van der Waals surface area (Å²) in [6.45, 7) is 1.38. The summed E-state index contributed by atoms with van der Waals surface area (Å²) < 4.78 is 0. The second-order valence-corrected chi connectivity index (χ2v) is 6.74. The van der Waals surface area contributed by atoms with Gasteiger partial charge in [0.2, 0.25) is 0 Å². The van der Waals surface area contributed by atoms with E-state index >= 15 is 0 Å². The molecule has 0 spiro atoms. The van der Waals surface area contributed by atoms with E-state index in [1.807, 2.05) is 0 Å². The van der Waals surface area contributed by atoms with Crippen LogP contribution in [0.1, 0.15) is 64.2 Å². The van der Waals surface area contributed by atoms with Crippen LogP contribution in [0.15, 0.2) is 0 Å². The van der Waals surface area contributed by atoms with Crippen LogP contribution in [0.4, 0.5) is 0 Å². The van der Waals surface area contributed by atoms with Crippen LogP contribution in [0.5, 0.6) is 0 Å². The minimum Gasteiger partial charge on any atom is -0.315 e. The van der Waals surface area contributed by atoms with E-state index in [4.69, 9.17) is 0 Å². The summed E-state index contributed by atoms with van der Waals surface area (Å²) in [5.41, 5.74) is 0. The molecule has 0 amide bonds. The molecule has 0 radical (unpaired) electrons. The Labute approximate surface area is 113 Å². The molecule has 104 valence electrons. The average molecular weight is 250 g/mol. The lowest BCUT2D eigenvalue weighted by Gasteiger charge is -2.42. The zero-order valence-electron chi connectivity index (χ0n) is 12.0. The molecule has 3 rings (SSSR count). The van der Waals surface area contributed by atoms with E-state index in [0.29, 0.717) is 0 Å². The normalized spacial score (nSPS) is 39.5. The van der Waals surface area contributed by atoms with Crippen LogP contribution >= 0.6 is 0 Å². The topological polar surface area (TPSA) is 15.3 Å². The summed E-state index contributed by atoms with van der Waals surface area (Å²) >= 11 is 0. The maximum absolute atomic E-state index is 3.60. The number of hydrogen-bond acceptors (Lipinski definition) is 2. The molecular formula is C16H30N2. The largest absolute Gasteiger partial charge is 0.315 e. The van der Waals surface area contributed by atoms with E-state index in [2.05, 4.69) is 17.3 Å². The van der Waals surface area contributed by atoms with Crippen molar-refractivity contribution in [2.75, 3.05) is 13.6 Å². The Hall–Kier alpha value is -0.0800. The van der Waals surface area contributed by atoms with Crippen LogP contribution in [0.3, 0.4) is 0 Å². The van der Waals surface area contributed by atoms with Crippen LogP contribution < -0.4 is 5.32 Å². The van der Waals surface area contributed by atoms with Gasteiger partial charge in [0, 0.05) is 18.1 Å². The summed E-state index contributed by atoms with van der Waals surface area (Å²) in [5.74, 6) is 1.03. The van der Waals surface area contributed by atoms with E-state index < -0.39 is 0 Å². The van der Waals surface area contributed by atoms with Crippen molar-refractivity contribution < 1.29 is 0 Å². The molecule has 2 saturated carbocycles. The molecule has 2 heteroatoms. The summed E-state index contributed by atoms with van der Waals surface area (Å²) in [5, 5.41) is 3.60. The standard InChI is InChI=1S/C16H30N2/c1-17-14-9-4-5-10-16(14)18-12-6-11-15(18)13-7-2-3-8-13/h13-17H,2-12H2,1H3. The number of likely N-dealkylation sites (tertiary alicyclic amines) is 1. The second-order valence-electron chi connectivity index (χ2n) is 6.74. The second kappa shape index (κ2) is 5.92. The molecule has 2 aliphatic carbocycles. The molecule has 0 bridgehead atoms. The van der Waals surface area contributed by atoms with Gasteiger partial charge in [0.25, 0.3) is 0 Å². The van der Waals surface area contributed by atoms with E-state index in [0.717, 1.165) is 24.0 Å². The van der Waals surface area contributed by atoms with Crippen molar-refractivity contribution in [1.29, 1.82) is 0 Å². The monoisotopic (exact) mass is 250 g/mol. The Morgan fingerprint density at radius 1 is 0.778 bits per heavy atom. The van der Waals surface area contributed by atoms with Crippen LogP contribution in [-0.2, 0) is 0 Å². The zero-order valence-corrected chi connectivity index (χ0v) is 12.0. The molecule has 3 atom stereocenters. The van der Waals surface area contributed by atoms with Gasteiger partial charge in [-0.3, -0.25) is 4.90 Å². The van der Waals surface area contributed by atoms with Gasteiger partial charge in [-0.2, -0.15) is 0 Å². The van der Waals surface area contributed by atoms with Crippen LogP contribution in [0, 0.1) is 5.92 Å². The van der Waals surface area contributed by atoms with Crippen molar-refractivity contribution in [3.05, 3.63) is 0 Å². The highest BCUT2D eigenvalue weighted by molar-refractivity contribution is 4.96. The van der Waals surface area contributed by atoms with E-state index in [-0.39, 0.29) is 0 Å². The number of nitrogens with zero attached hydrogens (tertiary/aromatic N) is 1. The third-order valence-electron chi connectivity index (χ3n) is 5.81. The van der Waals surface area contributed by atoms with Crippen molar-refractivity contribution in [1.82, 2.24) is 10.2 Å². The van der Waals surface area contributed by atoms with Gasteiger partial charge in [-0.05, 0) is 58.0 Å². The van der Waals surface area contributed by atoms with Crippen molar-refractivity contribution in [2.45, 2.75) is 82.3 Å². The minimum absolute atomic E-state index is 0.765. The first-order chi connectivity index (χ1) is 8.90. The summed E-state index contributed by atoms with van der Waals surface area (Å²) in [6.07, 6.45) is 14.7. The third-order valence-corrected chi connectivity index (χ3v) is 5.81. The van der Waals surface area contributed by atoms with Crippen molar-refractivity contribution in [3.63, 3.8) is 0 Å². The molecule has 3 aliphatic rings. The Balaban J connectivity index is 1.68. The predicted octanol–water partition coefficient (Wildman–Crippen LogP) is 3.17. The summed E-state index contributed by atoms with van der Waals surface area (Å²) in [4.78, 5) is 2.93. The van der Waals surface area contributed by atoms with Gasteiger partial charge in [-0.15, -0.1) is 0 Å². The first kappa shape index (κ1) is 12.9. The third kappa shape index (κ3) is 2.46. The molecule has 0 aromatic rings. The first-order valence-electron chi connectivity index (χ1n) is 8.33. The predicted molar refractivity (Wildman–Crippen MR) is 76.8 cm³/mol. The number of rotatable bonds is 3. The van der Waals surface area contributed by atoms with Gasteiger partial charge in [0.1, 0.15) is 0 Å². The van der Waals surface area contributed by atoms with Crippen LogP contribution in [0.25, 0.3) is 0 Å². The quantitative estimate of drug-likeness (QED) is 0.827. The molecule has 18 heavy (non-hydrogen) atoms. The summed E-state index contributed by atoms with van der Waals surface area (Å²) in [7, 11) is 2.17. The highest BCUT2D eigenvalue weighted by Crippen LogP contribution is 2.38. The van der Waals surface area contributed by atoms with Gasteiger partial charge in [0.15, 0.2) is 0 Å². The molecular weight excluding hydrogens is 220 g/mol. The Morgan fingerprint density at radius 3 is 2.22 bits per heavy atom. The lowest BCUT2D eigenvalue weighted by Crippen LogP contribution is -2.53. The SMILES string of the molecule is CNC1CCCCC1N1CCCC1C1CCCC1. The van der Waals surface area contributed by atoms with E-state index in [1.165, 1.54) is 70.8 Å². The Bertz CT molecular complexity index is 260. The lowest BCUT2D eigenvalue weighted by atomic mass is 9.87. The van der Waals surface area contributed by atoms with Gasteiger partial charge in [-0.1, -0.05) is 25.7 Å². The molecule has 3 fully saturated rings. The van der Waals surface area contributed by atoms with Gasteiger partial charge in [0.05, 0.1) is 0 Å². The molecule has 1 N–H and O–H groups in total. The average Bonchev–Trinajstić information content (AvgIpc) is 3.09. The van der Waals surface area contributed by atoms with Crippen molar-refractivity contribution in [3.8, 4) is 0 Å². The summed E-state index contributed by atoms with van der Waals surface area (Å²) in [6, 6.07) is 2.55. The molecule has 1 saturated heterocycles. The van der Waals surface area contributed by atoms with Gasteiger partial charge in [-0.25, -0.2) is 0 Å². The van der Waals surface area contributed by atoms with Crippen LogP contribution in [0.2, 0.25) is 0 Å². The fraction of sp³-hybridized carbons (Fsp3) is 1.00. The Morgan fingerprint density at radius 2 is 1.44 bits per heavy atom. The smallest absolute Gasteiger partial charge is 0.0252 e. The molecule has 2 nitrogen and oxygen atoms in total. The highest BCUT2D eigenvalue weighted by Gasteiger charge is 2.39. The first-order valence-corrected chi connectivity index (χ1v) is 8.33. The van der Waals surface area contributed by atoms with Gasteiger partial charge >= 0.3 is 0 Å². The Kier molecular flexibility index (Phi) is 4.25. The van der Waals surface area contributed by atoms with E-state index in [1.54, 1.807) is 0 Å². The molecule has 0 aromatic carbocycles. The molecule has 0 aromatic heterocycles. The van der Waals surface area contributed by atoms with E-state index in [9.17, 15) is 0 Å². The van der Waals surface area contributed by atoms with Crippen molar-refractivity contribution >= 4 is 0 Å². The number of hydrogen-bond donors (Lipinski definition) is 1. The number of nitrogens with one attached hydrogen (secondary N) is 1. The van der Waals surface area contributed by atoms with Crippen LogP contribution in [-0.4, -0.2) is 36.6 Å². The zero-order chi connectivity index (χ0) is 12.4. The lowest BCUT2D eigenvalue weighted by molar-refractivity contribution is 0.0852. The maximum Gasteiger partial charge on any atom is 0.0252 e. The maximum atomic E-state index is 3.60. The fourth-order valence-corrected chi connectivity index (χ4v) is 4.92. The molecule has 1 aliphatic heterocycles. The minimum atomic E-state index is 0.765. The fourth-order valence-electron chi connectivity index (χ4n) is 4.92.